The van der Waals surface area contributed by atoms with Gasteiger partial charge in [0.05, 0.1) is 23.8 Å². The fraction of sp³-hybridized carbons (Fsp3) is 0.161. The van der Waals surface area contributed by atoms with E-state index in [9.17, 15) is 41.0 Å². The van der Waals surface area contributed by atoms with Crippen molar-refractivity contribution in [3.8, 4) is 28.0 Å². The lowest BCUT2D eigenvalue weighted by Crippen LogP contribution is -2.43. The van der Waals surface area contributed by atoms with Gasteiger partial charge in [0.1, 0.15) is 11.8 Å². The zero-order valence-electron chi connectivity index (χ0n) is 21.9. The summed E-state index contributed by atoms with van der Waals surface area (Å²) in [5.41, 5.74) is -0.192. The van der Waals surface area contributed by atoms with E-state index in [1.165, 1.54) is 36.4 Å². The van der Waals surface area contributed by atoms with Crippen molar-refractivity contribution in [2.24, 2.45) is 0 Å². The molecule has 0 heterocycles. The molecule has 4 rings (SSSR count). The molecule has 0 aliphatic rings. The number of esters is 1. The number of hydrogen-bond acceptors (Lipinski definition) is 4. The maximum absolute atomic E-state index is 13.2. The zero-order chi connectivity index (χ0) is 30.7. The van der Waals surface area contributed by atoms with E-state index in [2.05, 4.69) is 5.32 Å². The smallest absolute Gasteiger partial charge is 0.416 e. The van der Waals surface area contributed by atoms with Gasteiger partial charge in [-0.25, -0.2) is 4.79 Å². The Morgan fingerprint density at radius 1 is 0.738 bits per heavy atom. The van der Waals surface area contributed by atoms with E-state index < -0.39 is 47.1 Å². The van der Waals surface area contributed by atoms with Gasteiger partial charge in [-0.05, 0) is 64.2 Å². The number of ether oxygens (including phenoxy) is 1. The third kappa shape index (κ3) is 7.09. The molecule has 0 aromatic heterocycles. The van der Waals surface area contributed by atoms with E-state index in [1.54, 1.807) is 24.3 Å². The van der Waals surface area contributed by atoms with Crippen LogP contribution in [0.3, 0.4) is 0 Å². The van der Waals surface area contributed by atoms with Gasteiger partial charge in [-0.2, -0.15) is 26.3 Å². The van der Waals surface area contributed by atoms with E-state index in [4.69, 9.17) is 4.74 Å². The number of rotatable bonds is 7. The standard InChI is InChI=1S/C31H23F6NO4/c1-42-29(41)26(14-18-8-10-19(11-9-18)20-4-2-6-23(15-20)30(32,33)34)38-28(40)25-17-22(12-13-27(25)39)21-5-3-7-24(16-21)31(35,36)37/h2-13,15-17,26,39H,14H2,1H3,(H,38,40)/t26-/m0/s1. The first kappa shape index (κ1) is 30.2. The summed E-state index contributed by atoms with van der Waals surface area (Å²) in [4.78, 5) is 25.6. The highest BCUT2D eigenvalue weighted by molar-refractivity contribution is 6.00. The predicted octanol–water partition coefficient (Wildman–Crippen LogP) is 7.28. The van der Waals surface area contributed by atoms with Gasteiger partial charge in [0.2, 0.25) is 0 Å². The van der Waals surface area contributed by atoms with Crippen molar-refractivity contribution < 1.29 is 45.8 Å². The summed E-state index contributed by atoms with van der Waals surface area (Å²) in [6.45, 7) is 0. The number of carbonyl (C=O) groups excluding carboxylic acids is 2. The largest absolute Gasteiger partial charge is 0.507 e. The Morgan fingerprint density at radius 3 is 1.76 bits per heavy atom. The fourth-order valence-corrected chi connectivity index (χ4v) is 4.29. The normalized spacial score (nSPS) is 12.5. The van der Waals surface area contributed by atoms with Crippen LogP contribution in [-0.2, 0) is 28.3 Å². The summed E-state index contributed by atoms with van der Waals surface area (Å²) in [5, 5.41) is 12.8. The Kier molecular flexibility index (Phi) is 8.60. The Balaban J connectivity index is 1.54. The first-order valence-electron chi connectivity index (χ1n) is 12.4. The maximum Gasteiger partial charge on any atom is 0.416 e. The second-order valence-corrected chi connectivity index (χ2v) is 9.34. The van der Waals surface area contributed by atoms with E-state index >= 15 is 0 Å². The minimum absolute atomic E-state index is 0.0602. The van der Waals surface area contributed by atoms with Crippen LogP contribution in [0.4, 0.5) is 26.3 Å². The number of benzene rings is 4. The minimum Gasteiger partial charge on any atom is -0.507 e. The first-order chi connectivity index (χ1) is 19.8. The Labute approximate surface area is 236 Å². The number of hydrogen-bond donors (Lipinski definition) is 2. The molecular weight excluding hydrogens is 564 g/mol. The van der Waals surface area contributed by atoms with Crippen LogP contribution in [0.25, 0.3) is 22.3 Å². The van der Waals surface area contributed by atoms with Gasteiger partial charge in [0.25, 0.3) is 5.91 Å². The highest BCUT2D eigenvalue weighted by atomic mass is 19.4. The molecule has 0 saturated heterocycles. The molecule has 4 aromatic carbocycles. The topological polar surface area (TPSA) is 75.6 Å². The molecule has 0 bridgehead atoms. The number of carbonyl (C=O) groups is 2. The average Bonchev–Trinajstić information content (AvgIpc) is 2.96. The monoisotopic (exact) mass is 587 g/mol. The molecule has 5 nitrogen and oxygen atoms in total. The number of amides is 1. The van der Waals surface area contributed by atoms with Crippen LogP contribution in [0.1, 0.15) is 27.0 Å². The minimum atomic E-state index is -4.58. The average molecular weight is 588 g/mol. The number of aromatic hydroxyl groups is 1. The summed E-state index contributed by atoms with van der Waals surface area (Å²) in [6.07, 6.45) is -9.13. The van der Waals surface area contributed by atoms with E-state index in [-0.39, 0.29) is 23.1 Å². The Morgan fingerprint density at radius 2 is 1.24 bits per heavy atom. The summed E-state index contributed by atoms with van der Waals surface area (Å²) < 4.78 is 83.5. The molecule has 0 radical (unpaired) electrons. The number of phenolic OH excluding ortho intramolecular Hbond substituents is 1. The van der Waals surface area contributed by atoms with Crippen LogP contribution in [0.2, 0.25) is 0 Å². The molecular formula is C31H23F6NO4. The van der Waals surface area contributed by atoms with Gasteiger partial charge in [-0.15, -0.1) is 0 Å². The zero-order valence-corrected chi connectivity index (χ0v) is 21.9. The summed E-state index contributed by atoms with van der Waals surface area (Å²) >= 11 is 0. The third-order valence-electron chi connectivity index (χ3n) is 6.47. The Hall–Kier alpha value is -4.80. The van der Waals surface area contributed by atoms with Crippen molar-refractivity contribution in [2.45, 2.75) is 24.8 Å². The summed E-state index contributed by atoms with van der Waals surface area (Å²) in [7, 11) is 1.12. The summed E-state index contributed by atoms with van der Waals surface area (Å²) in [6, 6.07) is 18.1. The predicted molar refractivity (Wildman–Crippen MR) is 142 cm³/mol. The van der Waals surface area contributed by atoms with Gasteiger partial charge in [-0.3, -0.25) is 4.79 Å². The third-order valence-corrected chi connectivity index (χ3v) is 6.47. The van der Waals surface area contributed by atoms with Crippen LogP contribution >= 0.6 is 0 Å². The molecule has 0 spiro atoms. The fourth-order valence-electron chi connectivity index (χ4n) is 4.29. The molecule has 4 aromatic rings. The Bertz CT molecular complexity index is 1600. The van der Waals surface area contributed by atoms with E-state index in [1.807, 2.05) is 0 Å². The molecule has 1 amide bonds. The first-order valence-corrected chi connectivity index (χ1v) is 12.4. The number of alkyl halides is 6. The summed E-state index contributed by atoms with van der Waals surface area (Å²) in [5.74, 6) is -2.14. The van der Waals surface area contributed by atoms with Gasteiger partial charge in [-0.1, -0.05) is 54.6 Å². The molecule has 218 valence electrons. The second-order valence-electron chi connectivity index (χ2n) is 9.34. The van der Waals surface area contributed by atoms with Crippen molar-refractivity contribution in [1.82, 2.24) is 5.32 Å². The van der Waals surface area contributed by atoms with Crippen LogP contribution in [0.5, 0.6) is 5.75 Å². The highest BCUT2D eigenvalue weighted by Gasteiger charge is 2.31. The van der Waals surface area contributed by atoms with Crippen molar-refractivity contribution >= 4 is 11.9 Å². The van der Waals surface area contributed by atoms with Crippen LogP contribution in [0.15, 0.2) is 91.0 Å². The van der Waals surface area contributed by atoms with Crippen molar-refractivity contribution in [2.75, 3.05) is 7.11 Å². The quantitative estimate of drug-likeness (QED) is 0.176. The van der Waals surface area contributed by atoms with Crippen molar-refractivity contribution in [3.05, 3.63) is 113 Å². The van der Waals surface area contributed by atoms with E-state index in [0.717, 1.165) is 37.4 Å². The molecule has 0 fully saturated rings. The second kappa shape index (κ2) is 12.0. The SMILES string of the molecule is COC(=O)[C@H](Cc1ccc(-c2cccc(C(F)(F)F)c2)cc1)NC(=O)c1cc(-c2cccc(C(F)(F)F)c2)ccc1O. The number of halogens is 6. The van der Waals surface area contributed by atoms with Crippen molar-refractivity contribution in [3.63, 3.8) is 0 Å². The molecule has 0 unspecified atom stereocenters. The lowest BCUT2D eigenvalue weighted by molar-refractivity contribution is -0.143. The number of methoxy groups -OCH3 is 1. The molecule has 11 heteroatoms. The van der Waals surface area contributed by atoms with Gasteiger partial charge >= 0.3 is 18.3 Å². The van der Waals surface area contributed by atoms with Gasteiger partial charge < -0.3 is 15.2 Å². The van der Waals surface area contributed by atoms with Gasteiger partial charge in [0.15, 0.2) is 0 Å². The van der Waals surface area contributed by atoms with Crippen molar-refractivity contribution in [1.29, 1.82) is 0 Å². The highest BCUT2D eigenvalue weighted by Crippen LogP contribution is 2.34. The molecule has 0 saturated carbocycles. The molecule has 0 aliphatic heterocycles. The van der Waals surface area contributed by atoms with E-state index in [0.29, 0.717) is 16.7 Å². The molecule has 0 aliphatic carbocycles. The van der Waals surface area contributed by atoms with Crippen LogP contribution in [0, 0.1) is 0 Å². The number of phenols is 1. The lowest BCUT2D eigenvalue weighted by Gasteiger charge is -2.18. The lowest BCUT2D eigenvalue weighted by atomic mass is 9.98. The maximum atomic E-state index is 13.2. The van der Waals surface area contributed by atoms with Crippen LogP contribution < -0.4 is 5.32 Å². The van der Waals surface area contributed by atoms with Crippen LogP contribution in [-0.4, -0.2) is 30.1 Å². The van der Waals surface area contributed by atoms with Gasteiger partial charge in [0, 0.05) is 6.42 Å². The molecule has 1 atom stereocenters. The molecule has 2 N–H and O–H groups in total. The molecule has 42 heavy (non-hydrogen) atoms. The number of nitrogens with one attached hydrogen (secondary N) is 1.